The first kappa shape index (κ1) is 16.3. The van der Waals surface area contributed by atoms with Crippen molar-refractivity contribution < 1.29 is 9.53 Å². The van der Waals surface area contributed by atoms with Crippen LogP contribution in [0, 0.1) is 0 Å². The van der Waals surface area contributed by atoms with Gasteiger partial charge in [-0.25, -0.2) is 4.79 Å². The van der Waals surface area contributed by atoms with E-state index in [1.807, 2.05) is 56.7 Å². The summed E-state index contributed by atoms with van der Waals surface area (Å²) >= 11 is 1.61. The Labute approximate surface area is 134 Å². The summed E-state index contributed by atoms with van der Waals surface area (Å²) in [5, 5.41) is 6.12. The van der Waals surface area contributed by atoms with Gasteiger partial charge in [0.2, 0.25) is 0 Å². The minimum atomic E-state index is -0.513. The number of rotatable bonds is 4. The lowest BCUT2D eigenvalue weighted by Crippen LogP contribution is -2.27. The summed E-state index contributed by atoms with van der Waals surface area (Å²) in [5.41, 5.74) is 2.92. The van der Waals surface area contributed by atoms with Crippen molar-refractivity contribution in [2.24, 2.45) is 0 Å². The van der Waals surface area contributed by atoms with Crippen LogP contribution in [0.2, 0.25) is 0 Å². The summed E-state index contributed by atoms with van der Waals surface area (Å²) in [6.45, 7) is 7.57. The number of carbonyl (C=O) groups excluding carboxylic acids is 1. The first-order chi connectivity index (χ1) is 10.3. The van der Waals surface area contributed by atoms with Gasteiger partial charge >= 0.3 is 6.09 Å². The maximum Gasteiger partial charge on any atom is 0.412 e. The quantitative estimate of drug-likeness (QED) is 0.860. The predicted octanol–water partition coefficient (Wildman–Crippen LogP) is 4.66. The molecule has 1 heterocycles. The number of hydrogen-bond donors (Lipinski definition) is 2. The monoisotopic (exact) mass is 319 g/mol. The summed E-state index contributed by atoms with van der Waals surface area (Å²) in [7, 11) is 0. The van der Waals surface area contributed by atoms with E-state index in [9.17, 15) is 4.79 Å². The van der Waals surface area contributed by atoms with Crippen LogP contribution < -0.4 is 10.6 Å². The van der Waals surface area contributed by atoms with E-state index in [2.05, 4.69) is 22.5 Å². The normalized spacial score (nSPS) is 12.5. The first-order valence-corrected chi connectivity index (χ1v) is 7.96. The molecule has 1 amide bonds. The van der Waals surface area contributed by atoms with Gasteiger partial charge in [0, 0.05) is 22.4 Å². The van der Waals surface area contributed by atoms with Crippen molar-refractivity contribution in [3.63, 3.8) is 0 Å². The molecule has 0 fully saturated rings. The Morgan fingerprint density at radius 3 is 2.68 bits per heavy atom. The van der Waals surface area contributed by atoms with Crippen molar-refractivity contribution in [1.82, 2.24) is 4.98 Å². The van der Waals surface area contributed by atoms with Crippen molar-refractivity contribution in [3.8, 4) is 0 Å². The van der Waals surface area contributed by atoms with E-state index in [1.54, 1.807) is 11.3 Å². The number of thiazole rings is 1. The van der Waals surface area contributed by atoms with Gasteiger partial charge in [-0.05, 0) is 45.9 Å². The van der Waals surface area contributed by atoms with Crippen LogP contribution in [0.3, 0.4) is 0 Å². The molecule has 0 saturated heterocycles. The second-order valence-corrected chi connectivity index (χ2v) is 6.90. The van der Waals surface area contributed by atoms with Gasteiger partial charge in [0.1, 0.15) is 5.60 Å². The molecule has 1 atom stereocenters. The van der Waals surface area contributed by atoms with E-state index in [-0.39, 0.29) is 6.04 Å². The number of amides is 1. The van der Waals surface area contributed by atoms with E-state index >= 15 is 0 Å². The summed E-state index contributed by atoms with van der Waals surface area (Å²) < 4.78 is 5.24. The number of carbonyl (C=O) groups is 1. The standard InChI is InChI=1S/C16H21N3O2S/c1-11(14-9-17-10-22-14)18-12-6-5-7-13(8-12)19-15(20)21-16(2,3)4/h5-11,18H,1-4H3,(H,19,20). The molecule has 0 bridgehead atoms. The Morgan fingerprint density at radius 1 is 1.32 bits per heavy atom. The van der Waals surface area contributed by atoms with E-state index < -0.39 is 11.7 Å². The zero-order valence-electron chi connectivity index (χ0n) is 13.2. The van der Waals surface area contributed by atoms with Crippen molar-refractivity contribution in [3.05, 3.63) is 40.8 Å². The van der Waals surface area contributed by atoms with Crippen LogP contribution in [0.15, 0.2) is 36.0 Å². The maximum atomic E-state index is 11.8. The molecule has 0 aliphatic heterocycles. The molecule has 2 rings (SSSR count). The Balaban J connectivity index is 1.99. The average Bonchev–Trinajstić information content (AvgIpc) is 2.90. The van der Waals surface area contributed by atoms with Crippen LogP contribution in [0.5, 0.6) is 0 Å². The van der Waals surface area contributed by atoms with Gasteiger partial charge in [-0.15, -0.1) is 11.3 Å². The van der Waals surface area contributed by atoms with Gasteiger partial charge in [-0.2, -0.15) is 0 Å². The topological polar surface area (TPSA) is 63.2 Å². The van der Waals surface area contributed by atoms with Gasteiger partial charge in [0.05, 0.1) is 11.6 Å². The Morgan fingerprint density at radius 2 is 2.05 bits per heavy atom. The fourth-order valence-electron chi connectivity index (χ4n) is 1.87. The highest BCUT2D eigenvalue weighted by atomic mass is 32.1. The highest BCUT2D eigenvalue weighted by Crippen LogP contribution is 2.24. The van der Waals surface area contributed by atoms with Crippen molar-refractivity contribution >= 4 is 28.8 Å². The van der Waals surface area contributed by atoms with Crippen molar-refractivity contribution in [2.45, 2.75) is 39.3 Å². The fraction of sp³-hybridized carbons (Fsp3) is 0.375. The van der Waals surface area contributed by atoms with Crippen LogP contribution in [0.1, 0.15) is 38.6 Å². The number of hydrogen-bond acceptors (Lipinski definition) is 5. The van der Waals surface area contributed by atoms with Crippen LogP contribution in [-0.2, 0) is 4.74 Å². The van der Waals surface area contributed by atoms with Gasteiger partial charge < -0.3 is 10.1 Å². The zero-order chi connectivity index (χ0) is 16.2. The molecule has 1 aromatic carbocycles. The first-order valence-electron chi connectivity index (χ1n) is 7.08. The fourth-order valence-corrected chi connectivity index (χ4v) is 2.50. The number of aromatic nitrogens is 1. The predicted molar refractivity (Wildman–Crippen MR) is 90.5 cm³/mol. The molecule has 0 spiro atoms. The van der Waals surface area contributed by atoms with Crippen LogP contribution >= 0.6 is 11.3 Å². The molecule has 2 N–H and O–H groups in total. The van der Waals surface area contributed by atoms with E-state index in [0.717, 1.165) is 10.6 Å². The van der Waals surface area contributed by atoms with Gasteiger partial charge in [-0.1, -0.05) is 6.07 Å². The summed E-state index contributed by atoms with van der Waals surface area (Å²) in [6.07, 6.45) is 1.39. The second-order valence-electron chi connectivity index (χ2n) is 5.98. The molecular formula is C16H21N3O2S. The highest BCUT2D eigenvalue weighted by molar-refractivity contribution is 7.09. The van der Waals surface area contributed by atoms with Crippen molar-refractivity contribution in [2.75, 3.05) is 10.6 Å². The van der Waals surface area contributed by atoms with Gasteiger partial charge in [-0.3, -0.25) is 10.3 Å². The van der Waals surface area contributed by atoms with E-state index in [0.29, 0.717) is 5.69 Å². The summed E-state index contributed by atoms with van der Waals surface area (Å²) in [5.74, 6) is 0. The van der Waals surface area contributed by atoms with E-state index in [1.165, 1.54) is 0 Å². The lowest BCUT2D eigenvalue weighted by atomic mass is 10.2. The average molecular weight is 319 g/mol. The molecule has 6 heteroatoms. The molecule has 118 valence electrons. The van der Waals surface area contributed by atoms with E-state index in [4.69, 9.17) is 4.74 Å². The third kappa shape index (κ3) is 5.04. The Kier molecular flexibility index (Phi) is 5.03. The summed E-state index contributed by atoms with van der Waals surface area (Å²) in [4.78, 5) is 17.0. The zero-order valence-corrected chi connectivity index (χ0v) is 14.0. The molecule has 5 nitrogen and oxygen atoms in total. The number of benzene rings is 1. The molecule has 0 aliphatic carbocycles. The summed E-state index contributed by atoms with van der Waals surface area (Å²) in [6, 6.07) is 7.70. The third-order valence-electron chi connectivity index (χ3n) is 2.77. The third-order valence-corrected chi connectivity index (χ3v) is 3.73. The van der Waals surface area contributed by atoms with Crippen LogP contribution in [0.25, 0.3) is 0 Å². The Bertz CT molecular complexity index is 621. The maximum absolute atomic E-state index is 11.8. The number of anilines is 2. The lowest BCUT2D eigenvalue weighted by Gasteiger charge is -2.20. The minimum Gasteiger partial charge on any atom is -0.444 e. The number of ether oxygens (including phenoxy) is 1. The van der Waals surface area contributed by atoms with Crippen LogP contribution in [0.4, 0.5) is 16.2 Å². The largest absolute Gasteiger partial charge is 0.444 e. The number of nitrogens with zero attached hydrogens (tertiary/aromatic N) is 1. The SMILES string of the molecule is CC(Nc1cccc(NC(=O)OC(C)(C)C)c1)c1cncs1. The Hall–Kier alpha value is -2.08. The lowest BCUT2D eigenvalue weighted by molar-refractivity contribution is 0.0636. The molecule has 22 heavy (non-hydrogen) atoms. The van der Waals surface area contributed by atoms with Gasteiger partial charge in [0.15, 0.2) is 0 Å². The molecule has 0 aliphatic rings. The van der Waals surface area contributed by atoms with Gasteiger partial charge in [0.25, 0.3) is 0 Å². The molecular weight excluding hydrogens is 298 g/mol. The molecule has 1 aromatic heterocycles. The molecule has 0 radical (unpaired) electrons. The smallest absolute Gasteiger partial charge is 0.412 e. The van der Waals surface area contributed by atoms with Crippen LogP contribution in [-0.4, -0.2) is 16.7 Å². The molecule has 2 aromatic rings. The molecule has 1 unspecified atom stereocenters. The minimum absolute atomic E-state index is 0.157. The van der Waals surface area contributed by atoms with Crippen molar-refractivity contribution in [1.29, 1.82) is 0 Å². The highest BCUT2D eigenvalue weighted by Gasteiger charge is 2.16. The molecule has 0 saturated carbocycles. The number of nitrogens with one attached hydrogen (secondary N) is 2. The second kappa shape index (κ2) is 6.79.